The molecule has 4 heterocycles. The first-order valence-electron chi connectivity index (χ1n) is 10.9. The summed E-state index contributed by atoms with van der Waals surface area (Å²) in [4.78, 5) is 19.8. The number of nitrogens with one attached hydrogen (secondary N) is 1. The van der Waals surface area contributed by atoms with Gasteiger partial charge in [0.25, 0.3) is 5.56 Å². The molecule has 2 aliphatic heterocycles. The van der Waals surface area contributed by atoms with E-state index >= 15 is 0 Å². The second-order valence-corrected chi connectivity index (χ2v) is 8.34. The van der Waals surface area contributed by atoms with Crippen LogP contribution in [0, 0.1) is 0 Å². The number of nitrogens with zero attached hydrogens (tertiary/aromatic N) is 4. The van der Waals surface area contributed by atoms with Crippen molar-refractivity contribution in [3.63, 3.8) is 0 Å². The van der Waals surface area contributed by atoms with E-state index in [0.29, 0.717) is 12.6 Å². The van der Waals surface area contributed by atoms with E-state index in [1.54, 1.807) is 16.7 Å². The summed E-state index contributed by atoms with van der Waals surface area (Å²) in [6, 6.07) is 10.1. The number of morpholine rings is 1. The van der Waals surface area contributed by atoms with Gasteiger partial charge in [0.05, 0.1) is 30.8 Å². The number of imidazole rings is 1. The average molecular weight is 408 g/mol. The molecule has 1 saturated heterocycles. The summed E-state index contributed by atoms with van der Waals surface area (Å²) >= 11 is 0. The number of fused-ring (bicyclic) bond motifs is 3. The van der Waals surface area contributed by atoms with Crippen LogP contribution in [0.4, 0.5) is 5.69 Å². The fourth-order valence-electron chi connectivity index (χ4n) is 4.56. The van der Waals surface area contributed by atoms with E-state index in [9.17, 15) is 4.79 Å². The number of hydrogen-bond donors (Lipinski definition) is 1. The van der Waals surface area contributed by atoms with Gasteiger partial charge >= 0.3 is 0 Å². The van der Waals surface area contributed by atoms with Crippen molar-refractivity contribution < 1.29 is 4.74 Å². The highest BCUT2D eigenvalue weighted by atomic mass is 16.5. The fourth-order valence-corrected chi connectivity index (χ4v) is 4.56. The van der Waals surface area contributed by atoms with E-state index in [2.05, 4.69) is 33.8 Å². The maximum Gasteiger partial charge on any atom is 0.250 e. The van der Waals surface area contributed by atoms with Crippen LogP contribution in [0.3, 0.4) is 0 Å². The molecule has 1 fully saturated rings. The first-order valence-corrected chi connectivity index (χ1v) is 10.9. The molecule has 2 aromatic heterocycles. The highest BCUT2D eigenvalue weighted by Crippen LogP contribution is 2.32. The van der Waals surface area contributed by atoms with Gasteiger partial charge in [-0.1, -0.05) is 6.07 Å². The Morgan fingerprint density at radius 2 is 2.03 bits per heavy atom. The zero-order chi connectivity index (χ0) is 20.5. The molecule has 0 spiro atoms. The van der Waals surface area contributed by atoms with Crippen molar-refractivity contribution in [3.05, 3.63) is 58.3 Å². The molecular formula is C23H29N5O2. The summed E-state index contributed by atoms with van der Waals surface area (Å²) in [6.07, 6.45) is 3.99. The molecule has 0 unspecified atom stereocenters. The van der Waals surface area contributed by atoms with E-state index in [-0.39, 0.29) is 5.56 Å². The van der Waals surface area contributed by atoms with Gasteiger partial charge in [-0.15, -0.1) is 0 Å². The minimum atomic E-state index is 0.00167. The highest BCUT2D eigenvalue weighted by molar-refractivity contribution is 5.86. The smallest absolute Gasteiger partial charge is 0.250 e. The van der Waals surface area contributed by atoms with Crippen molar-refractivity contribution in [1.29, 1.82) is 0 Å². The number of aromatic nitrogens is 3. The van der Waals surface area contributed by atoms with Gasteiger partial charge in [-0.25, -0.2) is 4.98 Å². The third kappa shape index (κ3) is 3.75. The molecule has 7 heteroatoms. The largest absolute Gasteiger partial charge is 0.382 e. The van der Waals surface area contributed by atoms with Crippen molar-refractivity contribution in [3.8, 4) is 0 Å². The van der Waals surface area contributed by atoms with Crippen LogP contribution < -0.4 is 10.9 Å². The summed E-state index contributed by atoms with van der Waals surface area (Å²) in [5.74, 6) is 0.943. The minimum absolute atomic E-state index is 0.00167. The number of ether oxygens (including phenoxy) is 1. The molecule has 5 rings (SSSR count). The summed E-state index contributed by atoms with van der Waals surface area (Å²) in [5.41, 5.74) is 4.74. The van der Waals surface area contributed by atoms with Crippen molar-refractivity contribution in [2.75, 3.05) is 38.2 Å². The minimum Gasteiger partial charge on any atom is -0.382 e. The maximum atomic E-state index is 12.3. The topological polar surface area (TPSA) is 64.3 Å². The van der Waals surface area contributed by atoms with E-state index in [0.717, 1.165) is 69.1 Å². The SMILES string of the molecule is C[C@H]1CCc2c(ccc3c2nc(Cn2ccccc2=O)n3CCN2CCOCC2)N1. The van der Waals surface area contributed by atoms with Gasteiger partial charge in [-0.2, -0.15) is 0 Å². The molecule has 0 bridgehead atoms. The van der Waals surface area contributed by atoms with Gasteiger partial charge in [0.15, 0.2) is 0 Å². The summed E-state index contributed by atoms with van der Waals surface area (Å²) in [6.45, 7) is 8.06. The summed E-state index contributed by atoms with van der Waals surface area (Å²) in [7, 11) is 0. The normalized spacial score (nSPS) is 19.6. The van der Waals surface area contributed by atoms with Crippen LogP contribution in [0.5, 0.6) is 0 Å². The third-order valence-electron chi connectivity index (χ3n) is 6.29. The van der Waals surface area contributed by atoms with Crippen LogP contribution in [0.2, 0.25) is 0 Å². The Labute approximate surface area is 176 Å². The zero-order valence-corrected chi connectivity index (χ0v) is 17.5. The predicted octanol–water partition coefficient (Wildman–Crippen LogP) is 2.33. The Morgan fingerprint density at radius 3 is 2.87 bits per heavy atom. The number of rotatable bonds is 5. The van der Waals surface area contributed by atoms with Crippen molar-refractivity contribution in [2.45, 2.75) is 38.9 Å². The average Bonchev–Trinajstić information content (AvgIpc) is 3.11. The van der Waals surface area contributed by atoms with Crippen LogP contribution in [0.15, 0.2) is 41.3 Å². The van der Waals surface area contributed by atoms with Gasteiger partial charge < -0.3 is 19.2 Å². The molecule has 1 N–H and O–H groups in total. The predicted molar refractivity (Wildman–Crippen MR) is 118 cm³/mol. The Morgan fingerprint density at radius 1 is 1.17 bits per heavy atom. The van der Waals surface area contributed by atoms with Gasteiger partial charge in [0.2, 0.25) is 0 Å². The Kier molecular flexibility index (Phi) is 5.31. The second-order valence-electron chi connectivity index (χ2n) is 8.34. The van der Waals surface area contributed by atoms with Crippen LogP contribution in [0.1, 0.15) is 24.7 Å². The monoisotopic (exact) mass is 407 g/mol. The fraction of sp³-hybridized carbons (Fsp3) is 0.478. The zero-order valence-electron chi connectivity index (χ0n) is 17.5. The second kappa shape index (κ2) is 8.24. The summed E-state index contributed by atoms with van der Waals surface area (Å²) < 4.78 is 9.53. The molecule has 0 saturated carbocycles. The molecule has 7 nitrogen and oxygen atoms in total. The number of anilines is 1. The number of aryl methyl sites for hydroxylation is 1. The van der Waals surface area contributed by atoms with E-state index < -0.39 is 0 Å². The quantitative estimate of drug-likeness (QED) is 0.703. The third-order valence-corrected chi connectivity index (χ3v) is 6.29. The van der Waals surface area contributed by atoms with E-state index in [4.69, 9.17) is 9.72 Å². The first-order chi connectivity index (χ1) is 14.7. The molecule has 158 valence electrons. The molecule has 0 aliphatic carbocycles. The molecule has 0 amide bonds. The lowest BCUT2D eigenvalue weighted by atomic mass is 9.98. The van der Waals surface area contributed by atoms with Crippen molar-refractivity contribution in [1.82, 2.24) is 19.0 Å². The Bertz CT molecular complexity index is 1100. The van der Waals surface area contributed by atoms with Crippen LogP contribution in [-0.2, 0) is 24.2 Å². The van der Waals surface area contributed by atoms with E-state index in [1.807, 2.05) is 12.3 Å². The summed E-state index contributed by atoms with van der Waals surface area (Å²) in [5, 5.41) is 3.60. The van der Waals surface area contributed by atoms with Crippen molar-refractivity contribution >= 4 is 16.7 Å². The highest BCUT2D eigenvalue weighted by Gasteiger charge is 2.21. The van der Waals surface area contributed by atoms with Gasteiger partial charge in [0.1, 0.15) is 5.82 Å². The van der Waals surface area contributed by atoms with Crippen LogP contribution in [-0.4, -0.2) is 57.9 Å². The molecule has 30 heavy (non-hydrogen) atoms. The molecule has 1 aromatic carbocycles. The van der Waals surface area contributed by atoms with Crippen LogP contribution in [0.25, 0.3) is 11.0 Å². The van der Waals surface area contributed by atoms with Crippen molar-refractivity contribution in [2.24, 2.45) is 0 Å². The lowest BCUT2D eigenvalue weighted by molar-refractivity contribution is 0.0364. The maximum absolute atomic E-state index is 12.3. The Hall–Kier alpha value is -2.64. The first kappa shape index (κ1) is 19.3. The van der Waals surface area contributed by atoms with Gasteiger partial charge in [0, 0.05) is 55.7 Å². The molecule has 3 aromatic rings. The standard InChI is InChI=1S/C23H29N5O2/c1-17-5-6-18-19(24-17)7-8-20-23(18)25-21(16-27-9-3-2-4-22(27)29)28(20)11-10-26-12-14-30-15-13-26/h2-4,7-9,17,24H,5-6,10-16H2,1H3/t17-/m0/s1. The Balaban J connectivity index is 1.53. The lowest BCUT2D eigenvalue weighted by Crippen LogP contribution is -2.38. The lowest BCUT2D eigenvalue weighted by Gasteiger charge is -2.27. The molecule has 0 radical (unpaired) electrons. The molecule has 2 aliphatic rings. The number of benzene rings is 1. The molecule has 1 atom stereocenters. The number of hydrogen-bond acceptors (Lipinski definition) is 5. The van der Waals surface area contributed by atoms with Crippen LogP contribution >= 0.6 is 0 Å². The van der Waals surface area contributed by atoms with E-state index in [1.165, 1.54) is 11.3 Å². The van der Waals surface area contributed by atoms with Gasteiger partial charge in [-0.3, -0.25) is 9.69 Å². The molecular weight excluding hydrogens is 378 g/mol. The number of pyridine rings is 1. The van der Waals surface area contributed by atoms with Gasteiger partial charge in [-0.05, 0) is 38.0 Å².